The summed E-state index contributed by atoms with van der Waals surface area (Å²) < 4.78 is 0.951. The Labute approximate surface area is 134 Å². The number of rotatable bonds is 4. The zero-order chi connectivity index (χ0) is 15.5. The fourth-order valence-corrected chi connectivity index (χ4v) is 2.95. The summed E-state index contributed by atoms with van der Waals surface area (Å²) in [5, 5.41) is 3.30. The number of pyridine rings is 1. The molecule has 0 aliphatic carbocycles. The highest BCUT2D eigenvalue weighted by atomic mass is 79.9. The number of aromatic nitrogens is 3. The van der Waals surface area contributed by atoms with Crippen molar-refractivity contribution < 1.29 is 0 Å². The van der Waals surface area contributed by atoms with Crippen molar-refractivity contribution >= 4 is 21.7 Å². The molecule has 0 bridgehead atoms. The Kier molecular flexibility index (Phi) is 4.93. The first kappa shape index (κ1) is 15.9. The van der Waals surface area contributed by atoms with Crippen molar-refractivity contribution in [1.82, 2.24) is 15.0 Å². The number of hydrogen-bond donors (Lipinski definition) is 1. The zero-order valence-corrected chi connectivity index (χ0v) is 14.5. The maximum absolute atomic E-state index is 4.76. The van der Waals surface area contributed by atoms with E-state index in [2.05, 4.69) is 58.9 Å². The van der Waals surface area contributed by atoms with Crippen LogP contribution in [0.3, 0.4) is 0 Å². The molecule has 4 nitrogen and oxygen atoms in total. The van der Waals surface area contributed by atoms with Crippen molar-refractivity contribution in [3.63, 3.8) is 0 Å². The molecule has 0 fully saturated rings. The van der Waals surface area contributed by atoms with Crippen LogP contribution >= 0.6 is 15.9 Å². The maximum atomic E-state index is 4.76. The molecular formula is C16H21BrN4. The summed E-state index contributed by atoms with van der Waals surface area (Å²) in [5.74, 6) is 1.67. The smallest absolute Gasteiger partial charge is 0.144 e. The normalized spacial score (nSPS) is 11.5. The van der Waals surface area contributed by atoms with Gasteiger partial charge in [0, 0.05) is 30.8 Å². The largest absolute Gasteiger partial charge is 0.369 e. The van der Waals surface area contributed by atoms with Gasteiger partial charge in [0.25, 0.3) is 0 Å². The van der Waals surface area contributed by atoms with Crippen LogP contribution in [-0.4, -0.2) is 21.5 Å². The van der Waals surface area contributed by atoms with Crippen molar-refractivity contribution in [1.29, 1.82) is 0 Å². The monoisotopic (exact) mass is 348 g/mol. The second-order valence-electron chi connectivity index (χ2n) is 5.97. The zero-order valence-electron chi connectivity index (χ0n) is 12.9. The number of nitrogens with one attached hydrogen (secondary N) is 1. The second kappa shape index (κ2) is 6.52. The SMILES string of the molecule is CCNc1nc(Cc2cccnc2)nc(C(C)(C)C)c1Br. The molecule has 0 saturated heterocycles. The van der Waals surface area contributed by atoms with Gasteiger partial charge in [-0.25, -0.2) is 9.97 Å². The lowest BCUT2D eigenvalue weighted by Crippen LogP contribution is -2.18. The molecule has 1 N–H and O–H groups in total. The van der Waals surface area contributed by atoms with E-state index in [0.29, 0.717) is 6.42 Å². The van der Waals surface area contributed by atoms with E-state index < -0.39 is 0 Å². The topological polar surface area (TPSA) is 50.7 Å². The number of halogens is 1. The summed E-state index contributed by atoms with van der Waals surface area (Å²) in [6.45, 7) is 9.36. The lowest BCUT2D eigenvalue weighted by molar-refractivity contribution is 0.559. The molecule has 0 aromatic carbocycles. The van der Waals surface area contributed by atoms with Gasteiger partial charge in [0.05, 0.1) is 10.2 Å². The Hall–Kier alpha value is -1.49. The van der Waals surface area contributed by atoms with Crippen molar-refractivity contribution in [2.45, 2.75) is 39.5 Å². The molecule has 0 unspecified atom stereocenters. The lowest BCUT2D eigenvalue weighted by Gasteiger charge is -2.22. The van der Waals surface area contributed by atoms with Crippen LogP contribution in [0, 0.1) is 0 Å². The third kappa shape index (κ3) is 4.00. The van der Waals surface area contributed by atoms with E-state index in [1.54, 1.807) is 6.20 Å². The predicted molar refractivity (Wildman–Crippen MR) is 89.6 cm³/mol. The Balaban J connectivity index is 2.44. The molecule has 0 aliphatic rings. The molecular weight excluding hydrogens is 328 g/mol. The molecule has 2 aromatic heterocycles. The highest BCUT2D eigenvalue weighted by Gasteiger charge is 2.23. The summed E-state index contributed by atoms with van der Waals surface area (Å²) in [6.07, 6.45) is 4.31. The van der Waals surface area contributed by atoms with Gasteiger partial charge < -0.3 is 5.32 Å². The van der Waals surface area contributed by atoms with Crippen molar-refractivity contribution in [3.05, 3.63) is 46.1 Å². The molecule has 0 radical (unpaired) electrons. The molecule has 112 valence electrons. The summed E-state index contributed by atoms with van der Waals surface area (Å²) >= 11 is 3.64. The average molecular weight is 349 g/mol. The van der Waals surface area contributed by atoms with Crippen LogP contribution in [-0.2, 0) is 11.8 Å². The fraction of sp³-hybridized carbons (Fsp3) is 0.438. The highest BCUT2D eigenvalue weighted by Crippen LogP contribution is 2.32. The van der Waals surface area contributed by atoms with E-state index in [4.69, 9.17) is 4.98 Å². The lowest BCUT2D eigenvalue weighted by atomic mass is 9.91. The van der Waals surface area contributed by atoms with Crippen molar-refractivity contribution in [2.75, 3.05) is 11.9 Å². The van der Waals surface area contributed by atoms with E-state index in [1.807, 2.05) is 18.3 Å². The number of hydrogen-bond acceptors (Lipinski definition) is 4. The Morgan fingerprint density at radius 1 is 1.24 bits per heavy atom. The first-order valence-electron chi connectivity index (χ1n) is 7.11. The predicted octanol–water partition coefficient (Wildman–Crippen LogP) is 3.95. The first-order valence-corrected chi connectivity index (χ1v) is 7.90. The van der Waals surface area contributed by atoms with Crippen molar-refractivity contribution in [3.8, 4) is 0 Å². The minimum atomic E-state index is -0.0460. The van der Waals surface area contributed by atoms with Gasteiger partial charge in [-0.3, -0.25) is 4.98 Å². The minimum Gasteiger partial charge on any atom is -0.369 e. The van der Waals surface area contributed by atoms with Gasteiger partial charge in [-0.1, -0.05) is 26.8 Å². The van der Waals surface area contributed by atoms with Crippen LogP contribution in [0.4, 0.5) is 5.82 Å². The Bertz CT molecular complexity index is 606. The van der Waals surface area contributed by atoms with Gasteiger partial charge in [-0.05, 0) is 34.5 Å². The molecule has 21 heavy (non-hydrogen) atoms. The molecule has 2 aromatic rings. The number of anilines is 1. The van der Waals surface area contributed by atoms with Crippen LogP contribution in [0.1, 0.15) is 44.8 Å². The Morgan fingerprint density at radius 2 is 2.00 bits per heavy atom. The average Bonchev–Trinajstić information content (AvgIpc) is 2.42. The molecule has 0 amide bonds. The van der Waals surface area contributed by atoms with Gasteiger partial charge in [-0.2, -0.15) is 0 Å². The van der Waals surface area contributed by atoms with E-state index in [-0.39, 0.29) is 5.41 Å². The first-order chi connectivity index (χ1) is 9.91. The van der Waals surface area contributed by atoms with Crippen LogP contribution in [0.2, 0.25) is 0 Å². The van der Waals surface area contributed by atoms with Gasteiger partial charge in [0.1, 0.15) is 11.6 Å². The highest BCUT2D eigenvalue weighted by molar-refractivity contribution is 9.10. The molecule has 0 spiro atoms. The summed E-state index contributed by atoms with van der Waals surface area (Å²) in [5.41, 5.74) is 2.09. The Morgan fingerprint density at radius 3 is 2.57 bits per heavy atom. The molecule has 2 heterocycles. The van der Waals surface area contributed by atoms with Gasteiger partial charge in [0.2, 0.25) is 0 Å². The van der Waals surface area contributed by atoms with Crippen LogP contribution in [0.25, 0.3) is 0 Å². The number of nitrogens with zero attached hydrogens (tertiary/aromatic N) is 3. The standard InChI is InChI=1S/C16H21BrN4/c1-5-19-15-13(17)14(16(2,3)4)20-12(21-15)9-11-7-6-8-18-10-11/h6-8,10H,5,9H2,1-4H3,(H,19,20,21). The van der Waals surface area contributed by atoms with Crippen LogP contribution in [0.5, 0.6) is 0 Å². The molecule has 2 rings (SSSR count). The van der Waals surface area contributed by atoms with E-state index in [9.17, 15) is 0 Å². The van der Waals surface area contributed by atoms with E-state index >= 15 is 0 Å². The third-order valence-electron chi connectivity index (χ3n) is 3.04. The maximum Gasteiger partial charge on any atom is 0.144 e. The quantitative estimate of drug-likeness (QED) is 0.908. The molecule has 0 saturated carbocycles. The van der Waals surface area contributed by atoms with Crippen LogP contribution in [0.15, 0.2) is 29.0 Å². The van der Waals surface area contributed by atoms with Gasteiger partial charge >= 0.3 is 0 Å². The fourth-order valence-electron chi connectivity index (χ4n) is 2.04. The second-order valence-corrected chi connectivity index (χ2v) is 6.76. The summed E-state index contributed by atoms with van der Waals surface area (Å²) in [6, 6.07) is 3.98. The van der Waals surface area contributed by atoms with E-state index in [0.717, 1.165) is 33.9 Å². The van der Waals surface area contributed by atoms with Gasteiger partial charge in [-0.15, -0.1) is 0 Å². The van der Waals surface area contributed by atoms with Crippen LogP contribution < -0.4 is 5.32 Å². The minimum absolute atomic E-state index is 0.0460. The summed E-state index contributed by atoms with van der Waals surface area (Å²) in [4.78, 5) is 13.5. The third-order valence-corrected chi connectivity index (χ3v) is 3.79. The molecule has 0 atom stereocenters. The summed E-state index contributed by atoms with van der Waals surface area (Å²) in [7, 11) is 0. The molecule has 5 heteroatoms. The van der Waals surface area contributed by atoms with Crippen molar-refractivity contribution in [2.24, 2.45) is 0 Å². The van der Waals surface area contributed by atoms with Gasteiger partial charge in [0.15, 0.2) is 0 Å². The molecule has 0 aliphatic heterocycles. The van der Waals surface area contributed by atoms with E-state index in [1.165, 1.54) is 0 Å².